The van der Waals surface area contributed by atoms with Crippen LogP contribution in [0.25, 0.3) is 11.0 Å². The van der Waals surface area contributed by atoms with Gasteiger partial charge in [-0.1, -0.05) is 42.8 Å². The number of hydrogen-bond donors (Lipinski definition) is 1. The minimum absolute atomic E-state index is 0. The third-order valence-corrected chi connectivity index (χ3v) is 6.55. The molecule has 40 heavy (non-hydrogen) atoms. The zero-order valence-corrected chi connectivity index (χ0v) is 25.5. The molecule has 6 nitrogen and oxygen atoms in total. The average Bonchev–Trinajstić information content (AvgIpc) is 2.92. The van der Waals surface area contributed by atoms with E-state index in [-0.39, 0.29) is 66.6 Å². The summed E-state index contributed by atoms with van der Waals surface area (Å²) in [5.41, 5.74) is 8.62. The molecule has 0 saturated carbocycles. The summed E-state index contributed by atoms with van der Waals surface area (Å²) in [7, 11) is 1.57. The van der Waals surface area contributed by atoms with Gasteiger partial charge < -0.3 is 10.3 Å². The number of fused-ring (bicyclic) bond motifs is 1. The highest BCUT2D eigenvalue weighted by atomic mass is 35.5. The fourth-order valence-corrected chi connectivity index (χ4v) is 4.48. The number of rotatable bonds is 6. The van der Waals surface area contributed by atoms with E-state index >= 15 is 0 Å². The molecule has 0 saturated heterocycles. The Kier molecular flexibility index (Phi) is 13.6. The van der Waals surface area contributed by atoms with Crippen LogP contribution in [-0.4, -0.2) is 27.0 Å². The van der Waals surface area contributed by atoms with Gasteiger partial charge in [0.1, 0.15) is 33.9 Å². The maximum atomic E-state index is 13.2. The number of hydrogen-bond acceptors (Lipinski definition) is 5. The van der Waals surface area contributed by atoms with Crippen LogP contribution in [-0.2, 0) is 7.05 Å². The number of nitrogen functional groups attached to an aromatic ring is 1. The Morgan fingerprint density at radius 3 is 1.93 bits per heavy atom. The van der Waals surface area contributed by atoms with E-state index in [2.05, 4.69) is 30.7 Å². The van der Waals surface area contributed by atoms with Crippen LogP contribution in [0.3, 0.4) is 0 Å². The molecule has 2 aromatic carbocycles. The van der Waals surface area contributed by atoms with Gasteiger partial charge in [0, 0.05) is 13.1 Å². The lowest BCUT2D eigenvalue weighted by Crippen LogP contribution is -2.36. The molecule has 214 valence electrons. The minimum Gasteiger partial charge on any atom is -0.396 e. The van der Waals surface area contributed by atoms with E-state index in [0.717, 1.165) is 24.1 Å². The number of benzene rings is 2. The third-order valence-electron chi connectivity index (χ3n) is 6.18. The summed E-state index contributed by atoms with van der Waals surface area (Å²) in [5.74, 6) is -0.485. The van der Waals surface area contributed by atoms with Crippen molar-refractivity contribution in [1.29, 1.82) is 5.26 Å². The van der Waals surface area contributed by atoms with Gasteiger partial charge in [0.05, 0.1) is 17.2 Å². The second-order valence-corrected chi connectivity index (χ2v) is 9.48. The number of aryl methyl sites for hydroxylation is 1. The molecule has 0 unspecified atom stereocenters. The fraction of sp³-hybridized carbons (Fsp3) is 0.276. The Balaban J connectivity index is 0.000000397. The van der Waals surface area contributed by atoms with Gasteiger partial charge in [-0.2, -0.15) is 32.3 Å². The quantitative estimate of drug-likeness (QED) is 0.273. The highest BCUT2D eigenvalue weighted by Crippen LogP contribution is 2.31. The van der Waals surface area contributed by atoms with Gasteiger partial charge in [-0.05, 0) is 74.3 Å². The van der Waals surface area contributed by atoms with Gasteiger partial charge in [-0.25, -0.2) is 13.8 Å². The van der Waals surface area contributed by atoms with Crippen molar-refractivity contribution in [3.63, 3.8) is 0 Å². The lowest BCUT2D eigenvalue weighted by Gasteiger charge is -2.35. The minimum atomic E-state index is -0.377. The first kappa shape index (κ1) is 34.9. The Hall–Kier alpha value is -3.10. The standard InChI is InChI=1S/C19H23F2N.C10H7ClN4O.2H2S/c1-4-13-22(14(2)3)19(15-5-9-17(20)10-6-15)16-7-11-18(21)12-8-16;1-15-6-3-2-5(4-12)14-9(6)8(13)7(11)10(15)16;;/h5-12,14,19H,4,13H2,1-3H3;2-3H,13H2,1H3;2*1H2. The molecule has 2 N–H and O–H groups in total. The molecular weight excluding hydrogens is 572 g/mol. The van der Waals surface area contributed by atoms with E-state index in [1.165, 1.54) is 34.9 Å². The van der Waals surface area contributed by atoms with Crippen LogP contribution in [0, 0.1) is 23.0 Å². The Morgan fingerprint density at radius 1 is 1.00 bits per heavy atom. The van der Waals surface area contributed by atoms with Crippen LogP contribution >= 0.6 is 38.6 Å². The second-order valence-electron chi connectivity index (χ2n) is 9.11. The van der Waals surface area contributed by atoms with Gasteiger partial charge in [-0.15, -0.1) is 0 Å². The first-order valence-electron chi connectivity index (χ1n) is 12.2. The molecule has 0 fully saturated rings. The Morgan fingerprint density at radius 2 is 1.50 bits per heavy atom. The monoisotopic (exact) mass is 605 g/mol. The highest BCUT2D eigenvalue weighted by Gasteiger charge is 2.24. The first-order valence-corrected chi connectivity index (χ1v) is 12.6. The molecule has 0 radical (unpaired) electrons. The van der Waals surface area contributed by atoms with Crippen molar-refractivity contribution < 1.29 is 8.78 Å². The molecule has 0 aliphatic rings. The molecule has 0 bridgehead atoms. The zero-order chi connectivity index (χ0) is 28.0. The first-order chi connectivity index (χ1) is 18.1. The second kappa shape index (κ2) is 15.6. The number of aromatic nitrogens is 2. The molecule has 4 aromatic rings. The molecule has 0 amide bonds. The van der Waals surface area contributed by atoms with Gasteiger partial charge in [0.15, 0.2) is 0 Å². The van der Waals surface area contributed by atoms with Crippen molar-refractivity contribution in [3.8, 4) is 6.07 Å². The number of nitrogens with zero attached hydrogens (tertiary/aromatic N) is 4. The number of pyridine rings is 2. The van der Waals surface area contributed by atoms with Crippen LogP contribution < -0.4 is 11.3 Å². The molecule has 0 aliphatic heterocycles. The Labute approximate surface area is 252 Å². The van der Waals surface area contributed by atoms with E-state index in [9.17, 15) is 13.6 Å². The third kappa shape index (κ3) is 7.98. The largest absolute Gasteiger partial charge is 0.396 e. The molecule has 2 heterocycles. The van der Waals surface area contributed by atoms with Crippen molar-refractivity contribution in [2.75, 3.05) is 12.3 Å². The normalized spacial score (nSPS) is 10.5. The summed E-state index contributed by atoms with van der Waals surface area (Å²) in [6, 6.07) is 18.6. The molecular formula is C29H34ClF2N5OS2. The summed E-state index contributed by atoms with van der Waals surface area (Å²) >= 11 is 5.78. The maximum Gasteiger partial charge on any atom is 0.271 e. The highest BCUT2D eigenvalue weighted by molar-refractivity contribution is 7.59. The van der Waals surface area contributed by atoms with Crippen LogP contribution in [0.5, 0.6) is 0 Å². The van der Waals surface area contributed by atoms with Crippen molar-refractivity contribution in [3.05, 3.63) is 104 Å². The molecule has 0 aliphatic carbocycles. The molecule has 11 heteroatoms. The van der Waals surface area contributed by atoms with E-state index in [1.54, 1.807) is 13.1 Å². The van der Waals surface area contributed by atoms with Crippen LogP contribution in [0.1, 0.15) is 50.1 Å². The van der Waals surface area contributed by atoms with Crippen molar-refractivity contribution in [2.45, 2.75) is 39.3 Å². The van der Waals surface area contributed by atoms with E-state index in [4.69, 9.17) is 22.6 Å². The van der Waals surface area contributed by atoms with Gasteiger partial charge in [0.2, 0.25) is 0 Å². The summed E-state index contributed by atoms with van der Waals surface area (Å²) in [6.45, 7) is 7.37. The average molecular weight is 606 g/mol. The number of nitrogens with two attached hydrogens (primary N) is 1. The molecule has 0 atom stereocenters. The Bertz CT molecular complexity index is 1460. The van der Waals surface area contributed by atoms with Crippen LogP contribution in [0.15, 0.2) is 65.5 Å². The number of nitriles is 1. The number of anilines is 1. The van der Waals surface area contributed by atoms with Crippen LogP contribution in [0.4, 0.5) is 14.5 Å². The summed E-state index contributed by atoms with van der Waals surface area (Å²) in [6.07, 6.45) is 1.02. The van der Waals surface area contributed by atoms with Crippen molar-refractivity contribution >= 4 is 55.3 Å². The lowest BCUT2D eigenvalue weighted by atomic mass is 9.95. The number of halogens is 3. The summed E-state index contributed by atoms with van der Waals surface area (Å²) in [5, 5.41) is 8.65. The SMILES string of the molecule is CCCN(C(C)C)C(c1ccc(F)cc1)c1ccc(F)cc1.Cn1c(=O)c(Cl)c(N)c2nc(C#N)ccc21.S.S. The van der Waals surface area contributed by atoms with Gasteiger partial charge in [0.25, 0.3) is 5.56 Å². The van der Waals surface area contributed by atoms with Crippen molar-refractivity contribution in [2.24, 2.45) is 7.05 Å². The fourth-order valence-electron chi connectivity index (χ4n) is 4.27. The van der Waals surface area contributed by atoms with Gasteiger partial charge in [-0.3, -0.25) is 9.69 Å². The summed E-state index contributed by atoms with van der Waals surface area (Å²) < 4.78 is 27.8. The van der Waals surface area contributed by atoms with E-state index in [0.29, 0.717) is 17.1 Å². The van der Waals surface area contributed by atoms with Crippen LogP contribution in [0.2, 0.25) is 5.02 Å². The molecule has 2 aromatic heterocycles. The predicted molar refractivity (Wildman–Crippen MR) is 169 cm³/mol. The molecule has 0 spiro atoms. The predicted octanol–water partition coefficient (Wildman–Crippen LogP) is 6.44. The summed E-state index contributed by atoms with van der Waals surface area (Å²) in [4.78, 5) is 18.0. The topological polar surface area (TPSA) is 87.9 Å². The lowest BCUT2D eigenvalue weighted by molar-refractivity contribution is 0.177. The smallest absolute Gasteiger partial charge is 0.271 e. The van der Waals surface area contributed by atoms with Gasteiger partial charge >= 0.3 is 0 Å². The van der Waals surface area contributed by atoms with Crippen molar-refractivity contribution in [1.82, 2.24) is 14.5 Å². The zero-order valence-electron chi connectivity index (χ0n) is 22.8. The maximum absolute atomic E-state index is 13.2. The van der Waals surface area contributed by atoms with E-state index < -0.39 is 0 Å². The van der Waals surface area contributed by atoms with E-state index in [1.807, 2.05) is 30.3 Å². The molecule has 4 rings (SSSR count).